The Bertz CT molecular complexity index is 674. The number of hydrogen-bond acceptors (Lipinski definition) is 2. The highest BCUT2D eigenvalue weighted by Crippen LogP contribution is 2.28. The number of carbonyl (C=O) groups is 1. The van der Waals surface area contributed by atoms with Crippen LogP contribution in [-0.2, 0) is 11.3 Å². The van der Waals surface area contributed by atoms with Crippen molar-refractivity contribution in [2.24, 2.45) is 5.73 Å². The molecule has 0 atom stereocenters. The van der Waals surface area contributed by atoms with E-state index in [2.05, 4.69) is 5.32 Å². The minimum absolute atomic E-state index is 0.0331. The average molecular weight is 294 g/mol. The summed E-state index contributed by atoms with van der Waals surface area (Å²) in [5, 5.41) is 2.79. The number of halogens is 3. The zero-order valence-electron chi connectivity index (χ0n) is 11.0. The third kappa shape index (κ3) is 3.41. The van der Waals surface area contributed by atoms with E-state index >= 15 is 0 Å². The third-order valence-corrected chi connectivity index (χ3v) is 2.96. The molecule has 0 aliphatic carbocycles. The highest BCUT2D eigenvalue weighted by Gasteiger charge is 2.16. The van der Waals surface area contributed by atoms with Crippen LogP contribution in [0.2, 0.25) is 0 Å². The number of primary amides is 1. The molecule has 2 rings (SSSR count). The van der Waals surface area contributed by atoms with E-state index < -0.39 is 23.4 Å². The molecule has 0 aliphatic heterocycles. The average Bonchev–Trinajstić information content (AvgIpc) is 2.46. The molecule has 0 unspecified atom stereocenters. The normalized spacial score (nSPS) is 10.6. The summed E-state index contributed by atoms with van der Waals surface area (Å²) < 4.78 is 40.2. The molecule has 3 N–H and O–H groups in total. The molecule has 6 heteroatoms. The number of rotatable bonds is 5. The Morgan fingerprint density at radius 3 is 2.43 bits per heavy atom. The molecular formula is C15H13F3N2O. The standard InChI is InChI=1S/C15H13F3N2O/c16-12-6-5-11(14(17)15(12)18)10-4-2-1-3-9(10)7-20-8-13(19)21/h1-6,20H,7-8H2,(H2,19,21). The minimum atomic E-state index is -1.51. The van der Waals surface area contributed by atoms with Crippen molar-refractivity contribution in [1.82, 2.24) is 5.32 Å². The first-order valence-corrected chi connectivity index (χ1v) is 6.21. The van der Waals surface area contributed by atoms with Gasteiger partial charge < -0.3 is 11.1 Å². The zero-order valence-corrected chi connectivity index (χ0v) is 11.0. The molecule has 0 radical (unpaired) electrons. The molecule has 2 aromatic rings. The van der Waals surface area contributed by atoms with Gasteiger partial charge in [0.15, 0.2) is 17.5 Å². The summed E-state index contributed by atoms with van der Waals surface area (Å²) in [7, 11) is 0. The van der Waals surface area contributed by atoms with Gasteiger partial charge in [0.1, 0.15) is 0 Å². The summed E-state index contributed by atoms with van der Waals surface area (Å²) in [6.45, 7) is 0.214. The van der Waals surface area contributed by atoms with Crippen molar-refractivity contribution < 1.29 is 18.0 Å². The van der Waals surface area contributed by atoms with E-state index in [1.165, 1.54) is 6.07 Å². The van der Waals surface area contributed by atoms with Gasteiger partial charge in [-0.15, -0.1) is 0 Å². The molecular weight excluding hydrogens is 281 g/mol. The lowest BCUT2D eigenvalue weighted by molar-refractivity contribution is -0.117. The molecule has 2 aromatic carbocycles. The van der Waals surface area contributed by atoms with E-state index in [1.807, 2.05) is 0 Å². The summed E-state index contributed by atoms with van der Waals surface area (Å²) in [6, 6.07) is 8.74. The molecule has 110 valence electrons. The summed E-state index contributed by atoms with van der Waals surface area (Å²) in [4.78, 5) is 10.7. The second kappa shape index (κ2) is 6.41. The van der Waals surface area contributed by atoms with Crippen molar-refractivity contribution in [3.05, 3.63) is 59.4 Å². The van der Waals surface area contributed by atoms with E-state index in [9.17, 15) is 18.0 Å². The van der Waals surface area contributed by atoms with Crippen molar-refractivity contribution in [3.8, 4) is 11.1 Å². The van der Waals surface area contributed by atoms with Crippen molar-refractivity contribution in [2.75, 3.05) is 6.54 Å². The SMILES string of the molecule is NC(=O)CNCc1ccccc1-c1ccc(F)c(F)c1F. The van der Waals surface area contributed by atoms with E-state index in [0.29, 0.717) is 11.1 Å². The van der Waals surface area contributed by atoms with Crippen LogP contribution in [0.15, 0.2) is 36.4 Å². The van der Waals surface area contributed by atoms with Crippen molar-refractivity contribution >= 4 is 5.91 Å². The number of hydrogen-bond donors (Lipinski definition) is 2. The second-order valence-electron chi connectivity index (χ2n) is 4.45. The molecule has 3 nitrogen and oxygen atoms in total. The van der Waals surface area contributed by atoms with Gasteiger partial charge in [0.25, 0.3) is 0 Å². The molecule has 0 aromatic heterocycles. The van der Waals surface area contributed by atoms with Crippen LogP contribution in [0.25, 0.3) is 11.1 Å². The Labute approximate surface area is 119 Å². The molecule has 1 amide bonds. The summed E-state index contributed by atoms with van der Waals surface area (Å²) in [5.74, 6) is -4.50. The Morgan fingerprint density at radius 1 is 1.00 bits per heavy atom. The van der Waals surface area contributed by atoms with Gasteiger partial charge >= 0.3 is 0 Å². The lowest BCUT2D eigenvalue weighted by Crippen LogP contribution is -2.28. The Hall–Kier alpha value is -2.34. The predicted octanol–water partition coefficient (Wildman–Crippen LogP) is 2.35. The van der Waals surface area contributed by atoms with Crippen molar-refractivity contribution in [1.29, 1.82) is 0 Å². The van der Waals surface area contributed by atoms with Gasteiger partial charge in [-0.3, -0.25) is 4.79 Å². The van der Waals surface area contributed by atoms with Gasteiger partial charge in [0.2, 0.25) is 5.91 Å². The van der Waals surface area contributed by atoms with Crippen LogP contribution in [0.3, 0.4) is 0 Å². The molecule has 0 spiro atoms. The Kier molecular flexibility index (Phi) is 4.59. The summed E-state index contributed by atoms with van der Waals surface area (Å²) in [5.41, 5.74) is 6.04. The first-order valence-electron chi connectivity index (χ1n) is 6.21. The predicted molar refractivity (Wildman–Crippen MR) is 72.7 cm³/mol. The zero-order chi connectivity index (χ0) is 15.4. The minimum Gasteiger partial charge on any atom is -0.369 e. The van der Waals surface area contributed by atoms with E-state index in [4.69, 9.17) is 5.73 Å². The van der Waals surface area contributed by atoms with Gasteiger partial charge in [-0.25, -0.2) is 13.2 Å². The monoisotopic (exact) mass is 294 g/mol. The first kappa shape index (κ1) is 15.1. The fraction of sp³-hybridized carbons (Fsp3) is 0.133. The van der Waals surface area contributed by atoms with E-state index in [0.717, 1.165) is 6.07 Å². The Balaban J connectivity index is 2.36. The van der Waals surface area contributed by atoms with Crippen LogP contribution in [0.4, 0.5) is 13.2 Å². The van der Waals surface area contributed by atoms with Crippen LogP contribution < -0.4 is 11.1 Å². The number of amides is 1. The molecule has 0 heterocycles. The summed E-state index contributed by atoms with van der Waals surface area (Å²) >= 11 is 0. The molecule has 0 saturated heterocycles. The van der Waals surface area contributed by atoms with Gasteiger partial charge in [-0.1, -0.05) is 24.3 Å². The topological polar surface area (TPSA) is 55.1 Å². The third-order valence-electron chi connectivity index (χ3n) is 2.96. The maximum Gasteiger partial charge on any atom is 0.231 e. The van der Waals surface area contributed by atoms with Gasteiger partial charge in [-0.2, -0.15) is 0 Å². The highest BCUT2D eigenvalue weighted by molar-refractivity contribution is 5.76. The second-order valence-corrected chi connectivity index (χ2v) is 4.45. The van der Waals surface area contributed by atoms with Crippen molar-refractivity contribution in [3.63, 3.8) is 0 Å². The number of benzene rings is 2. The Morgan fingerprint density at radius 2 is 1.71 bits per heavy atom. The van der Waals surface area contributed by atoms with Gasteiger partial charge in [-0.05, 0) is 23.3 Å². The maximum atomic E-state index is 13.9. The lowest BCUT2D eigenvalue weighted by atomic mass is 9.99. The van der Waals surface area contributed by atoms with Crippen LogP contribution in [0, 0.1) is 17.5 Å². The largest absolute Gasteiger partial charge is 0.369 e. The van der Waals surface area contributed by atoms with Crippen LogP contribution in [-0.4, -0.2) is 12.5 Å². The molecule has 0 bridgehead atoms. The quantitative estimate of drug-likeness (QED) is 0.832. The van der Waals surface area contributed by atoms with Crippen LogP contribution in [0.1, 0.15) is 5.56 Å². The van der Waals surface area contributed by atoms with Crippen LogP contribution in [0.5, 0.6) is 0 Å². The highest BCUT2D eigenvalue weighted by atomic mass is 19.2. The van der Waals surface area contributed by atoms with E-state index in [1.54, 1.807) is 24.3 Å². The summed E-state index contributed by atoms with van der Waals surface area (Å²) in [6.07, 6.45) is 0. The molecule has 0 aliphatic rings. The first-order chi connectivity index (χ1) is 10.0. The smallest absolute Gasteiger partial charge is 0.231 e. The molecule has 0 saturated carbocycles. The van der Waals surface area contributed by atoms with Gasteiger partial charge in [0.05, 0.1) is 6.54 Å². The lowest BCUT2D eigenvalue weighted by Gasteiger charge is -2.11. The fourth-order valence-electron chi connectivity index (χ4n) is 1.99. The number of nitrogens with two attached hydrogens (primary N) is 1. The molecule has 21 heavy (non-hydrogen) atoms. The molecule has 0 fully saturated rings. The maximum absolute atomic E-state index is 13.9. The van der Waals surface area contributed by atoms with Gasteiger partial charge in [0, 0.05) is 12.1 Å². The van der Waals surface area contributed by atoms with Crippen molar-refractivity contribution in [2.45, 2.75) is 6.54 Å². The number of carbonyl (C=O) groups excluding carboxylic acids is 1. The fourth-order valence-corrected chi connectivity index (χ4v) is 1.99. The van der Waals surface area contributed by atoms with E-state index in [-0.39, 0.29) is 18.7 Å². The van der Waals surface area contributed by atoms with Crippen LogP contribution >= 0.6 is 0 Å². The number of nitrogens with one attached hydrogen (secondary N) is 1.